The maximum absolute atomic E-state index is 5.63. The van der Waals surface area contributed by atoms with Gasteiger partial charge in [-0.05, 0) is 36.6 Å². The van der Waals surface area contributed by atoms with E-state index in [0.717, 1.165) is 5.69 Å². The van der Waals surface area contributed by atoms with Crippen LogP contribution >= 0.6 is 24.0 Å². The Labute approximate surface area is 115 Å². The predicted octanol–water partition coefficient (Wildman–Crippen LogP) is 2.58. The zero-order valence-electron chi connectivity index (χ0n) is 9.75. The second-order valence-corrected chi connectivity index (χ2v) is 4.83. The topological polar surface area (TPSA) is 63.8 Å². The van der Waals surface area contributed by atoms with Gasteiger partial charge in [0, 0.05) is 10.6 Å². The van der Waals surface area contributed by atoms with Crippen LogP contribution in [0.2, 0.25) is 0 Å². The van der Waals surface area contributed by atoms with Crippen LogP contribution in [0.15, 0.2) is 41.4 Å². The van der Waals surface area contributed by atoms with E-state index in [1.165, 1.54) is 4.90 Å². The molecule has 2 aromatic rings. The molecule has 1 heterocycles. The molecule has 0 radical (unpaired) electrons. The second kappa shape index (κ2) is 5.79. The zero-order valence-corrected chi connectivity index (χ0v) is 11.4. The lowest BCUT2D eigenvalue weighted by Gasteiger charge is -2.09. The van der Waals surface area contributed by atoms with Crippen molar-refractivity contribution in [3.63, 3.8) is 0 Å². The number of thiocarbonyl (C=S) groups is 1. The highest BCUT2D eigenvalue weighted by molar-refractivity contribution is 7.98. The fraction of sp³-hybridized carbons (Fsp3) is 0.0833. The summed E-state index contributed by atoms with van der Waals surface area (Å²) in [5.74, 6) is 0.571. The summed E-state index contributed by atoms with van der Waals surface area (Å²) in [5, 5.41) is 11.0. The van der Waals surface area contributed by atoms with E-state index >= 15 is 0 Å². The molecule has 0 atom stereocenters. The normalized spacial score (nSPS) is 10.1. The van der Waals surface area contributed by atoms with Crippen molar-refractivity contribution in [1.29, 1.82) is 0 Å². The maximum Gasteiger partial charge on any atom is 0.163 e. The van der Waals surface area contributed by atoms with Gasteiger partial charge >= 0.3 is 0 Å². The molecule has 0 saturated carbocycles. The van der Waals surface area contributed by atoms with E-state index in [0.29, 0.717) is 16.4 Å². The van der Waals surface area contributed by atoms with E-state index in [-0.39, 0.29) is 0 Å². The number of benzene rings is 1. The quantitative estimate of drug-likeness (QED) is 0.661. The standard InChI is InChI=1S/C12H12N4S2/c1-18-9-4-2-8(3-5-9)15-12-10(11(13)17)6-7-14-16-12/h2-7H,1H3,(H2,13,17)(H,15,16). The van der Waals surface area contributed by atoms with Crippen LogP contribution in [0.3, 0.4) is 0 Å². The van der Waals surface area contributed by atoms with Crippen LogP contribution in [0.4, 0.5) is 11.5 Å². The number of nitrogens with two attached hydrogens (primary N) is 1. The molecule has 18 heavy (non-hydrogen) atoms. The van der Waals surface area contributed by atoms with Gasteiger partial charge in [-0.25, -0.2) is 0 Å². The molecule has 0 spiro atoms. The van der Waals surface area contributed by atoms with Gasteiger partial charge in [-0.15, -0.1) is 16.9 Å². The highest BCUT2D eigenvalue weighted by Gasteiger charge is 2.06. The molecule has 2 rings (SSSR count). The molecule has 1 aromatic heterocycles. The van der Waals surface area contributed by atoms with Crippen LogP contribution in [0, 0.1) is 0 Å². The largest absolute Gasteiger partial charge is 0.389 e. The number of hydrogen-bond acceptors (Lipinski definition) is 5. The van der Waals surface area contributed by atoms with Gasteiger partial charge in [0.15, 0.2) is 5.82 Å². The number of nitrogens with zero attached hydrogens (tertiary/aromatic N) is 2. The number of anilines is 2. The molecule has 92 valence electrons. The van der Waals surface area contributed by atoms with Crippen molar-refractivity contribution in [3.05, 3.63) is 42.1 Å². The van der Waals surface area contributed by atoms with Gasteiger partial charge in [-0.1, -0.05) is 12.2 Å². The Morgan fingerprint density at radius 1 is 1.28 bits per heavy atom. The zero-order chi connectivity index (χ0) is 13.0. The molecule has 3 N–H and O–H groups in total. The minimum Gasteiger partial charge on any atom is -0.389 e. The lowest BCUT2D eigenvalue weighted by atomic mass is 10.2. The molecule has 6 heteroatoms. The van der Waals surface area contributed by atoms with E-state index in [9.17, 15) is 0 Å². The van der Waals surface area contributed by atoms with Crippen LogP contribution in [-0.2, 0) is 0 Å². The Kier molecular flexibility index (Phi) is 4.11. The fourth-order valence-electron chi connectivity index (χ4n) is 1.43. The first-order valence-electron chi connectivity index (χ1n) is 5.23. The van der Waals surface area contributed by atoms with Crippen LogP contribution in [-0.4, -0.2) is 21.4 Å². The molecule has 0 fully saturated rings. The lowest BCUT2D eigenvalue weighted by Crippen LogP contribution is -2.13. The Morgan fingerprint density at radius 3 is 2.61 bits per heavy atom. The summed E-state index contributed by atoms with van der Waals surface area (Å²) in [6, 6.07) is 9.76. The van der Waals surface area contributed by atoms with Crippen LogP contribution in [0.5, 0.6) is 0 Å². The average molecular weight is 276 g/mol. The third-order valence-corrected chi connectivity index (χ3v) is 3.30. The van der Waals surface area contributed by atoms with Gasteiger partial charge in [-0.2, -0.15) is 5.10 Å². The number of aromatic nitrogens is 2. The summed E-state index contributed by atoms with van der Waals surface area (Å²) >= 11 is 6.67. The SMILES string of the molecule is CSc1ccc(Nc2nnccc2C(N)=S)cc1. The number of nitrogens with one attached hydrogen (secondary N) is 1. The van der Waals surface area contributed by atoms with Gasteiger partial charge in [0.2, 0.25) is 0 Å². The van der Waals surface area contributed by atoms with Gasteiger partial charge < -0.3 is 11.1 Å². The summed E-state index contributed by atoms with van der Waals surface area (Å²) in [5.41, 5.74) is 7.25. The van der Waals surface area contributed by atoms with Crippen LogP contribution < -0.4 is 11.1 Å². The average Bonchev–Trinajstić information content (AvgIpc) is 2.40. The molecule has 0 unspecified atom stereocenters. The lowest BCUT2D eigenvalue weighted by molar-refractivity contribution is 1.03. The first kappa shape index (κ1) is 12.8. The smallest absolute Gasteiger partial charge is 0.163 e. The van der Waals surface area contributed by atoms with Gasteiger partial charge in [0.1, 0.15) is 4.99 Å². The number of rotatable bonds is 4. The molecule has 1 aromatic carbocycles. The van der Waals surface area contributed by atoms with Crippen molar-refractivity contribution < 1.29 is 0 Å². The summed E-state index contributed by atoms with van der Waals surface area (Å²) in [4.78, 5) is 1.50. The number of thioether (sulfide) groups is 1. The molecular formula is C12H12N4S2. The van der Waals surface area contributed by atoms with Crippen molar-refractivity contribution in [2.45, 2.75) is 4.90 Å². The van der Waals surface area contributed by atoms with Crippen molar-refractivity contribution >= 4 is 40.5 Å². The summed E-state index contributed by atoms with van der Waals surface area (Å²) in [7, 11) is 0. The minimum atomic E-state index is 0.299. The highest BCUT2D eigenvalue weighted by Crippen LogP contribution is 2.21. The molecular weight excluding hydrogens is 264 g/mol. The minimum absolute atomic E-state index is 0.299. The van der Waals surface area contributed by atoms with Crippen molar-refractivity contribution in [2.24, 2.45) is 5.73 Å². The molecule has 0 amide bonds. The van der Waals surface area contributed by atoms with Gasteiger partial charge in [-0.3, -0.25) is 0 Å². The van der Waals surface area contributed by atoms with Crippen LogP contribution in [0.1, 0.15) is 5.56 Å². The maximum atomic E-state index is 5.63. The summed E-state index contributed by atoms with van der Waals surface area (Å²) in [6.45, 7) is 0. The Morgan fingerprint density at radius 2 is 2.00 bits per heavy atom. The monoisotopic (exact) mass is 276 g/mol. The third-order valence-electron chi connectivity index (χ3n) is 2.34. The summed E-state index contributed by atoms with van der Waals surface area (Å²) in [6.07, 6.45) is 3.60. The molecule has 0 saturated heterocycles. The molecule has 0 aliphatic heterocycles. The molecule has 0 aliphatic carbocycles. The van der Waals surface area contributed by atoms with E-state index in [1.807, 2.05) is 30.5 Å². The number of hydrogen-bond donors (Lipinski definition) is 2. The molecule has 0 bridgehead atoms. The van der Waals surface area contributed by atoms with Gasteiger partial charge in [0.25, 0.3) is 0 Å². The second-order valence-electron chi connectivity index (χ2n) is 3.51. The fourth-order valence-corrected chi connectivity index (χ4v) is 2.01. The van der Waals surface area contributed by atoms with E-state index in [4.69, 9.17) is 18.0 Å². The van der Waals surface area contributed by atoms with E-state index in [2.05, 4.69) is 15.5 Å². The molecule has 4 nitrogen and oxygen atoms in total. The van der Waals surface area contributed by atoms with E-state index < -0.39 is 0 Å². The molecule has 0 aliphatic rings. The first-order chi connectivity index (χ1) is 8.70. The van der Waals surface area contributed by atoms with E-state index in [1.54, 1.807) is 24.0 Å². The Balaban J connectivity index is 2.25. The van der Waals surface area contributed by atoms with Gasteiger partial charge in [0.05, 0.1) is 11.8 Å². The first-order valence-corrected chi connectivity index (χ1v) is 6.86. The highest BCUT2D eigenvalue weighted by atomic mass is 32.2. The third kappa shape index (κ3) is 2.96. The van der Waals surface area contributed by atoms with Crippen molar-refractivity contribution in [1.82, 2.24) is 10.2 Å². The van der Waals surface area contributed by atoms with Crippen molar-refractivity contribution in [2.75, 3.05) is 11.6 Å². The predicted molar refractivity (Wildman–Crippen MR) is 79.4 cm³/mol. The summed E-state index contributed by atoms with van der Waals surface area (Å²) < 4.78 is 0. The Bertz CT molecular complexity index is 554. The van der Waals surface area contributed by atoms with Crippen molar-refractivity contribution in [3.8, 4) is 0 Å². The van der Waals surface area contributed by atoms with Crippen LogP contribution in [0.25, 0.3) is 0 Å². The Hall–Kier alpha value is -1.66.